The topological polar surface area (TPSA) is 46.1 Å². The number of hydrogen-bond donors (Lipinski definition) is 1. The van der Waals surface area contributed by atoms with Crippen molar-refractivity contribution in [1.82, 2.24) is 10.2 Å². The van der Waals surface area contributed by atoms with Crippen molar-refractivity contribution < 1.29 is 9.47 Å². The van der Waals surface area contributed by atoms with Gasteiger partial charge in [0.15, 0.2) is 5.96 Å². The average molecular weight is 568 g/mol. The number of benzene rings is 1. The van der Waals surface area contributed by atoms with Crippen molar-refractivity contribution in [3.8, 4) is 0 Å². The molecule has 160 valence electrons. The SMILES string of the molecule is CCC(CNC(=NC)N1CCC(COCCOC)C1)Cc1cccc(Br)c1.I. The van der Waals surface area contributed by atoms with Crippen molar-refractivity contribution in [3.63, 3.8) is 0 Å². The molecule has 2 unspecified atom stereocenters. The predicted octanol–water partition coefficient (Wildman–Crippen LogP) is 4.20. The summed E-state index contributed by atoms with van der Waals surface area (Å²) >= 11 is 3.57. The molecule has 0 saturated carbocycles. The molecule has 0 amide bonds. The maximum absolute atomic E-state index is 5.70. The number of rotatable bonds is 10. The van der Waals surface area contributed by atoms with Crippen LogP contribution in [0.2, 0.25) is 0 Å². The Bertz CT molecular complexity index is 589. The molecule has 28 heavy (non-hydrogen) atoms. The number of aliphatic imine (C=N–C) groups is 1. The summed E-state index contributed by atoms with van der Waals surface area (Å²) in [6, 6.07) is 8.61. The minimum absolute atomic E-state index is 0. The molecule has 1 fully saturated rings. The van der Waals surface area contributed by atoms with Gasteiger partial charge >= 0.3 is 0 Å². The van der Waals surface area contributed by atoms with Crippen LogP contribution in [0.5, 0.6) is 0 Å². The van der Waals surface area contributed by atoms with Crippen LogP contribution in [0.3, 0.4) is 0 Å². The van der Waals surface area contributed by atoms with Gasteiger partial charge in [-0.1, -0.05) is 41.4 Å². The minimum Gasteiger partial charge on any atom is -0.382 e. The van der Waals surface area contributed by atoms with Crippen LogP contribution in [0.1, 0.15) is 25.3 Å². The molecule has 1 heterocycles. The van der Waals surface area contributed by atoms with Crippen LogP contribution in [0, 0.1) is 11.8 Å². The highest BCUT2D eigenvalue weighted by molar-refractivity contribution is 14.0. The zero-order valence-corrected chi connectivity index (χ0v) is 21.2. The number of hydrogen-bond acceptors (Lipinski definition) is 3. The van der Waals surface area contributed by atoms with E-state index in [1.807, 2.05) is 7.05 Å². The van der Waals surface area contributed by atoms with Crippen LogP contribution in [-0.4, -0.2) is 64.5 Å². The highest BCUT2D eigenvalue weighted by atomic mass is 127. The van der Waals surface area contributed by atoms with E-state index in [2.05, 4.69) is 62.3 Å². The Hall–Kier alpha value is -0.380. The minimum atomic E-state index is 0. The summed E-state index contributed by atoms with van der Waals surface area (Å²) in [6.45, 7) is 7.40. The number of guanidine groups is 1. The second-order valence-electron chi connectivity index (χ2n) is 7.20. The van der Waals surface area contributed by atoms with E-state index in [-0.39, 0.29) is 24.0 Å². The molecule has 5 nitrogen and oxygen atoms in total. The number of methoxy groups -OCH3 is 1. The van der Waals surface area contributed by atoms with Gasteiger partial charge in [-0.25, -0.2) is 0 Å². The largest absolute Gasteiger partial charge is 0.382 e. The summed E-state index contributed by atoms with van der Waals surface area (Å²) in [5.41, 5.74) is 1.38. The first-order valence-corrected chi connectivity index (χ1v) is 10.7. The van der Waals surface area contributed by atoms with Gasteiger partial charge in [0.2, 0.25) is 0 Å². The quantitative estimate of drug-likeness (QED) is 0.199. The second-order valence-corrected chi connectivity index (χ2v) is 8.12. The Morgan fingerprint density at radius 2 is 2.21 bits per heavy atom. The third-order valence-corrected chi connectivity index (χ3v) is 5.62. The van der Waals surface area contributed by atoms with Gasteiger partial charge in [-0.2, -0.15) is 0 Å². The van der Waals surface area contributed by atoms with E-state index < -0.39 is 0 Å². The molecule has 1 N–H and O–H groups in total. The number of halogens is 2. The smallest absolute Gasteiger partial charge is 0.193 e. The van der Waals surface area contributed by atoms with Gasteiger partial charge < -0.3 is 19.7 Å². The summed E-state index contributed by atoms with van der Waals surface area (Å²) in [5, 5.41) is 3.60. The maximum atomic E-state index is 5.70. The maximum Gasteiger partial charge on any atom is 0.193 e. The van der Waals surface area contributed by atoms with Crippen molar-refractivity contribution >= 4 is 45.9 Å². The number of ether oxygens (including phenoxy) is 2. The molecule has 0 aliphatic carbocycles. The van der Waals surface area contributed by atoms with Crippen LogP contribution in [-0.2, 0) is 15.9 Å². The standard InChI is InChI=1S/C21H34BrN3O2.HI/c1-4-17(12-18-6-5-7-20(22)13-18)14-24-21(23-2)25-9-8-19(15-25)16-27-11-10-26-3;/h5-7,13,17,19H,4,8-12,14-16H2,1-3H3,(H,23,24);1H. The van der Waals surface area contributed by atoms with Crippen LogP contribution in [0.4, 0.5) is 0 Å². The van der Waals surface area contributed by atoms with E-state index in [9.17, 15) is 0 Å². The highest BCUT2D eigenvalue weighted by Crippen LogP contribution is 2.18. The molecule has 0 radical (unpaired) electrons. The number of nitrogens with one attached hydrogen (secondary N) is 1. The van der Waals surface area contributed by atoms with Gasteiger partial charge in [-0.3, -0.25) is 4.99 Å². The van der Waals surface area contributed by atoms with Gasteiger partial charge in [-0.15, -0.1) is 24.0 Å². The van der Waals surface area contributed by atoms with E-state index in [1.165, 1.54) is 5.56 Å². The normalized spacial score (nSPS) is 18.1. The van der Waals surface area contributed by atoms with Crippen LogP contribution in [0.15, 0.2) is 33.7 Å². The number of nitrogens with zero attached hydrogens (tertiary/aromatic N) is 2. The van der Waals surface area contributed by atoms with Crippen molar-refractivity contribution in [1.29, 1.82) is 0 Å². The van der Waals surface area contributed by atoms with Crippen molar-refractivity contribution in [2.75, 3.05) is 53.6 Å². The summed E-state index contributed by atoms with van der Waals surface area (Å²) in [7, 11) is 3.58. The molecular weight excluding hydrogens is 533 g/mol. The van der Waals surface area contributed by atoms with E-state index in [1.54, 1.807) is 7.11 Å². The molecule has 0 bridgehead atoms. The third-order valence-electron chi connectivity index (χ3n) is 5.12. The molecule has 1 saturated heterocycles. The fourth-order valence-electron chi connectivity index (χ4n) is 3.48. The molecule has 0 aromatic heterocycles. The lowest BCUT2D eigenvalue weighted by molar-refractivity contribution is 0.0536. The monoisotopic (exact) mass is 567 g/mol. The average Bonchev–Trinajstić information content (AvgIpc) is 3.13. The zero-order chi connectivity index (χ0) is 19.5. The van der Waals surface area contributed by atoms with Crippen LogP contribution in [0.25, 0.3) is 0 Å². The van der Waals surface area contributed by atoms with E-state index in [0.717, 1.165) is 55.9 Å². The van der Waals surface area contributed by atoms with Crippen LogP contribution >= 0.6 is 39.9 Å². The molecular formula is C21H35BrIN3O2. The zero-order valence-electron chi connectivity index (χ0n) is 17.3. The first-order chi connectivity index (χ1) is 13.2. The van der Waals surface area contributed by atoms with Crippen LogP contribution < -0.4 is 5.32 Å². The Labute approximate surface area is 195 Å². The van der Waals surface area contributed by atoms with Crippen molar-refractivity contribution in [2.24, 2.45) is 16.8 Å². The van der Waals surface area contributed by atoms with Gasteiger partial charge in [0.1, 0.15) is 0 Å². The molecule has 1 aliphatic rings. The lowest BCUT2D eigenvalue weighted by Crippen LogP contribution is -2.42. The van der Waals surface area contributed by atoms with Gasteiger partial charge in [0, 0.05) is 44.2 Å². The fourth-order valence-corrected chi connectivity index (χ4v) is 3.93. The molecule has 7 heteroatoms. The lowest BCUT2D eigenvalue weighted by atomic mass is 9.97. The second kappa shape index (κ2) is 14.6. The summed E-state index contributed by atoms with van der Waals surface area (Å²) in [6.07, 6.45) is 3.38. The molecule has 1 aromatic rings. The van der Waals surface area contributed by atoms with Crippen molar-refractivity contribution in [2.45, 2.75) is 26.2 Å². The highest BCUT2D eigenvalue weighted by Gasteiger charge is 2.25. The van der Waals surface area contributed by atoms with E-state index >= 15 is 0 Å². The lowest BCUT2D eigenvalue weighted by Gasteiger charge is -2.24. The Morgan fingerprint density at radius 3 is 2.89 bits per heavy atom. The molecule has 1 aromatic carbocycles. The molecule has 2 atom stereocenters. The Balaban J connectivity index is 0.00000392. The number of likely N-dealkylation sites (tertiary alicyclic amines) is 1. The van der Waals surface area contributed by atoms with Gasteiger partial charge in [0.25, 0.3) is 0 Å². The summed E-state index contributed by atoms with van der Waals surface area (Å²) in [4.78, 5) is 6.86. The first kappa shape index (κ1) is 25.7. The van der Waals surface area contributed by atoms with E-state index in [0.29, 0.717) is 25.0 Å². The summed E-state index contributed by atoms with van der Waals surface area (Å²) < 4.78 is 11.9. The molecule has 1 aliphatic heterocycles. The van der Waals surface area contributed by atoms with E-state index in [4.69, 9.17) is 9.47 Å². The van der Waals surface area contributed by atoms with Gasteiger partial charge in [-0.05, 0) is 36.5 Å². The third kappa shape index (κ3) is 8.97. The first-order valence-electron chi connectivity index (χ1n) is 9.93. The Morgan fingerprint density at radius 1 is 1.39 bits per heavy atom. The molecule has 2 rings (SSSR count). The van der Waals surface area contributed by atoms with Gasteiger partial charge in [0.05, 0.1) is 19.8 Å². The molecule has 0 spiro atoms. The summed E-state index contributed by atoms with van der Waals surface area (Å²) in [5.74, 6) is 2.18. The Kier molecular flexibility index (Phi) is 13.4. The van der Waals surface area contributed by atoms with Crippen molar-refractivity contribution in [3.05, 3.63) is 34.3 Å². The predicted molar refractivity (Wildman–Crippen MR) is 131 cm³/mol. The fraction of sp³-hybridized carbons (Fsp3) is 0.667.